The molecular formula is C16H17ClFN. The zero-order valence-corrected chi connectivity index (χ0v) is 11.8. The molecule has 0 unspecified atom stereocenters. The van der Waals surface area contributed by atoms with Gasteiger partial charge in [-0.3, -0.25) is 0 Å². The van der Waals surface area contributed by atoms with Gasteiger partial charge >= 0.3 is 0 Å². The molecule has 0 aliphatic carbocycles. The largest absolute Gasteiger partial charge is 0.310 e. The number of rotatable bonds is 4. The fourth-order valence-corrected chi connectivity index (χ4v) is 2.10. The van der Waals surface area contributed by atoms with Crippen LogP contribution in [0.5, 0.6) is 0 Å². The molecular weight excluding hydrogens is 261 g/mol. The standard InChI is InChI=1S/C16H17ClFN/c1-11(2)19-10-14-7-6-13(9-16(14)17)12-4-3-5-15(18)8-12/h3-9,11,19H,10H2,1-2H3. The Morgan fingerprint density at radius 2 is 1.84 bits per heavy atom. The lowest BCUT2D eigenvalue weighted by Crippen LogP contribution is -2.21. The Kier molecular flexibility index (Phi) is 4.56. The van der Waals surface area contributed by atoms with Crippen molar-refractivity contribution < 1.29 is 4.39 Å². The molecule has 0 heterocycles. The van der Waals surface area contributed by atoms with Crippen LogP contribution in [0.4, 0.5) is 4.39 Å². The Morgan fingerprint density at radius 3 is 2.47 bits per heavy atom. The monoisotopic (exact) mass is 277 g/mol. The highest BCUT2D eigenvalue weighted by Gasteiger charge is 2.05. The highest BCUT2D eigenvalue weighted by molar-refractivity contribution is 6.31. The van der Waals surface area contributed by atoms with Gasteiger partial charge in [0.05, 0.1) is 0 Å². The molecule has 2 aromatic rings. The van der Waals surface area contributed by atoms with Crippen LogP contribution >= 0.6 is 11.6 Å². The van der Waals surface area contributed by atoms with Crippen molar-refractivity contribution in [3.8, 4) is 11.1 Å². The first kappa shape index (κ1) is 14.0. The topological polar surface area (TPSA) is 12.0 Å². The fourth-order valence-electron chi connectivity index (χ4n) is 1.85. The molecule has 0 saturated carbocycles. The van der Waals surface area contributed by atoms with Crippen LogP contribution < -0.4 is 5.32 Å². The molecule has 0 bridgehead atoms. The third-order valence-corrected chi connectivity index (χ3v) is 3.26. The van der Waals surface area contributed by atoms with Crippen LogP contribution in [0.2, 0.25) is 5.02 Å². The van der Waals surface area contributed by atoms with Crippen LogP contribution in [0.1, 0.15) is 19.4 Å². The second-order valence-corrected chi connectivity index (χ2v) is 5.26. The second kappa shape index (κ2) is 6.18. The van der Waals surface area contributed by atoms with Crippen molar-refractivity contribution in [1.29, 1.82) is 0 Å². The number of benzene rings is 2. The average molecular weight is 278 g/mol. The smallest absolute Gasteiger partial charge is 0.123 e. The molecule has 0 radical (unpaired) electrons. The van der Waals surface area contributed by atoms with Gasteiger partial charge in [-0.1, -0.05) is 49.7 Å². The summed E-state index contributed by atoms with van der Waals surface area (Å²) in [5.41, 5.74) is 2.82. The number of halogens is 2. The summed E-state index contributed by atoms with van der Waals surface area (Å²) >= 11 is 6.27. The summed E-state index contributed by atoms with van der Waals surface area (Å²) in [6.45, 7) is 4.92. The first-order valence-electron chi connectivity index (χ1n) is 6.34. The van der Waals surface area contributed by atoms with Gasteiger partial charge in [0.25, 0.3) is 0 Å². The van der Waals surface area contributed by atoms with Crippen LogP contribution in [0.3, 0.4) is 0 Å². The van der Waals surface area contributed by atoms with E-state index in [9.17, 15) is 4.39 Å². The normalized spacial score (nSPS) is 11.0. The lowest BCUT2D eigenvalue weighted by molar-refractivity contribution is 0.589. The van der Waals surface area contributed by atoms with Gasteiger partial charge in [-0.05, 0) is 34.9 Å². The summed E-state index contributed by atoms with van der Waals surface area (Å²) in [6, 6.07) is 12.8. The van der Waals surface area contributed by atoms with Gasteiger partial charge in [0.2, 0.25) is 0 Å². The van der Waals surface area contributed by atoms with Crippen LogP contribution in [0, 0.1) is 5.82 Å². The molecule has 100 valence electrons. The van der Waals surface area contributed by atoms with E-state index in [4.69, 9.17) is 11.6 Å². The van der Waals surface area contributed by atoms with Gasteiger partial charge in [0, 0.05) is 17.6 Å². The molecule has 3 heteroatoms. The summed E-state index contributed by atoms with van der Waals surface area (Å²) in [4.78, 5) is 0. The molecule has 1 nitrogen and oxygen atoms in total. The lowest BCUT2D eigenvalue weighted by atomic mass is 10.0. The summed E-state index contributed by atoms with van der Waals surface area (Å²) in [5.74, 6) is -0.237. The molecule has 0 aliphatic rings. The van der Waals surface area contributed by atoms with E-state index < -0.39 is 0 Å². The Hall–Kier alpha value is -1.38. The predicted octanol–water partition coefficient (Wildman–Crippen LogP) is 4.64. The average Bonchev–Trinajstić information content (AvgIpc) is 2.37. The molecule has 0 atom stereocenters. The van der Waals surface area contributed by atoms with E-state index in [-0.39, 0.29) is 5.82 Å². The summed E-state index contributed by atoms with van der Waals surface area (Å²) in [5, 5.41) is 4.03. The minimum Gasteiger partial charge on any atom is -0.310 e. The number of hydrogen-bond donors (Lipinski definition) is 1. The Labute approximate surface area is 118 Å². The maximum Gasteiger partial charge on any atom is 0.123 e. The van der Waals surface area contributed by atoms with Gasteiger partial charge < -0.3 is 5.32 Å². The lowest BCUT2D eigenvalue weighted by Gasteiger charge is -2.11. The Balaban J connectivity index is 2.23. The third-order valence-electron chi connectivity index (χ3n) is 2.91. The van der Waals surface area contributed by atoms with Gasteiger partial charge in [0.15, 0.2) is 0 Å². The zero-order valence-electron chi connectivity index (χ0n) is 11.1. The molecule has 19 heavy (non-hydrogen) atoms. The Bertz CT molecular complexity index is 566. The van der Waals surface area contributed by atoms with Crippen molar-refractivity contribution in [2.75, 3.05) is 0 Å². The van der Waals surface area contributed by atoms with E-state index in [1.165, 1.54) is 12.1 Å². The molecule has 0 saturated heterocycles. The molecule has 1 N–H and O–H groups in total. The first-order chi connectivity index (χ1) is 9.06. The van der Waals surface area contributed by atoms with Crippen molar-refractivity contribution >= 4 is 11.6 Å². The van der Waals surface area contributed by atoms with Crippen molar-refractivity contribution in [3.63, 3.8) is 0 Å². The fraction of sp³-hybridized carbons (Fsp3) is 0.250. The van der Waals surface area contributed by atoms with Crippen LogP contribution in [-0.2, 0) is 6.54 Å². The minimum absolute atomic E-state index is 0.237. The highest BCUT2D eigenvalue weighted by Crippen LogP contribution is 2.26. The SMILES string of the molecule is CC(C)NCc1ccc(-c2cccc(F)c2)cc1Cl. The summed E-state index contributed by atoms with van der Waals surface area (Å²) in [7, 11) is 0. The number of nitrogens with one attached hydrogen (secondary N) is 1. The molecule has 0 amide bonds. The van der Waals surface area contributed by atoms with E-state index in [1.54, 1.807) is 6.07 Å². The molecule has 0 fully saturated rings. The molecule has 0 aromatic heterocycles. The van der Waals surface area contributed by atoms with Crippen LogP contribution in [0.15, 0.2) is 42.5 Å². The van der Waals surface area contributed by atoms with E-state index in [1.807, 2.05) is 24.3 Å². The first-order valence-corrected chi connectivity index (χ1v) is 6.72. The quantitative estimate of drug-likeness (QED) is 0.858. The third kappa shape index (κ3) is 3.79. The predicted molar refractivity (Wildman–Crippen MR) is 78.8 cm³/mol. The summed E-state index contributed by atoms with van der Waals surface area (Å²) in [6.07, 6.45) is 0. The van der Waals surface area contributed by atoms with Crippen molar-refractivity contribution in [1.82, 2.24) is 5.32 Å². The number of hydrogen-bond acceptors (Lipinski definition) is 1. The van der Waals surface area contributed by atoms with E-state index in [0.29, 0.717) is 11.1 Å². The van der Waals surface area contributed by atoms with Gasteiger partial charge in [-0.25, -0.2) is 4.39 Å². The zero-order chi connectivity index (χ0) is 13.8. The van der Waals surface area contributed by atoms with E-state index in [2.05, 4.69) is 19.2 Å². The van der Waals surface area contributed by atoms with E-state index >= 15 is 0 Å². The second-order valence-electron chi connectivity index (χ2n) is 4.85. The van der Waals surface area contributed by atoms with Gasteiger partial charge in [0.1, 0.15) is 5.82 Å². The van der Waals surface area contributed by atoms with Gasteiger partial charge in [-0.2, -0.15) is 0 Å². The molecule has 0 aliphatic heterocycles. The maximum absolute atomic E-state index is 13.2. The van der Waals surface area contributed by atoms with Crippen molar-refractivity contribution in [2.24, 2.45) is 0 Å². The minimum atomic E-state index is -0.237. The Morgan fingerprint density at radius 1 is 1.11 bits per heavy atom. The maximum atomic E-state index is 13.2. The van der Waals surface area contributed by atoms with Crippen molar-refractivity contribution in [2.45, 2.75) is 26.4 Å². The van der Waals surface area contributed by atoms with Crippen LogP contribution in [-0.4, -0.2) is 6.04 Å². The molecule has 2 rings (SSSR count). The van der Waals surface area contributed by atoms with Crippen LogP contribution in [0.25, 0.3) is 11.1 Å². The van der Waals surface area contributed by atoms with Gasteiger partial charge in [-0.15, -0.1) is 0 Å². The van der Waals surface area contributed by atoms with Crippen molar-refractivity contribution in [3.05, 3.63) is 58.9 Å². The molecule has 2 aromatic carbocycles. The van der Waals surface area contributed by atoms with E-state index in [0.717, 1.165) is 23.2 Å². The molecule has 0 spiro atoms. The highest BCUT2D eigenvalue weighted by atomic mass is 35.5. The summed E-state index contributed by atoms with van der Waals surface area (Å²) < 4.78 is 13.2.